The van der Waals surface area contributed by atoms with Crippen molar-refractivity contribution in [2.45, 2.75) is 71.3 Å². The van der Waals surface area contributed by atoms with Gasteiger partial charge in [0.15, 0.2) is 0 Å². The Morgan fingerprint density at radius 2 is 1.94 bits per heavy atom. The van der Waals surface area contributed by atoms with Crippen molar-refractivity contribution in [3.63, 3.8) is 0 Å². The summed E-state index contributed by atoms with van der Waals surface area (Å²) in [6.45, 7) is 6.44. The summed E-state index contributed by atoms with van der Waals surface area (Å²) in [5.41, 5.74) is 0.497. The molecule has 2 atom stereocenters. The largest absolute Gasteiger partial charge is 0.444 e. The van der Waals surface area contributed by atoms with Crippen LogP contribution in [0, 0.1) is 11.8 Å². The maximum Gasteiger partial charge on any atom is 0.407 e. The monoisotopic (exact) mass is 455 g/mol. The fraction of sp³-hybridized carbons (Fsp3) is 0.619. The highest BCUT2D eigenvalue weighted by molar-refractivity contribution is 5.76. The van der Waals surface area contributed by atoms with Crippen molar-refractivity contribution in [3.05, 3.63) is 29.8 Å². The summed E-state index contributed by atoms with van der Waals surface area (Å²) in [5, 5.41) is 5.34. The Morgan fingerprint density at radius 3 is 2.53 bits per heavy atom. The average molecular weight is 455 g/mol. The number of fused-ring (bicyclic) bond motifs is 1. The lowest BCUT2D eigenvalue weighted by atomic mass is 10.0. The van der Waals surface area contributed by atoms with Crippen LogP contribution in [0.5, 0.6) is 0 Å². The third-order valence-corrected chi connectivity index (χ3v) is 4.99. The Kier molecular flexibility index (Phi) is 6.66. The summed E-state index contributed by atoms with van der Waals surface area (Å²) in [5.74, 6) is -1.87. The number of imidazole rings is 1. The van der Waals surface area contributed by atoms with E-state index in [9.17, 15) is 22.8 Å². The summed E-state index contributed by atoms with van der Waals surface area (Å²) in [6.07, 6.45) is -0.436. The van der Waals surface area contributed by atoms with E-state index in [1.807, 2.05) is 0 Å². The van der Waals surface area contributed by atoms with Crippen molar-refractivity contribution in [2.75, 3.05) is 0 Å². The Bertz CT molecular complexity index is 979. The van der Waals surface area contributed by atoms with Gasteiger partial charge in [0.25, 0.3) is 0 Å². The third-order valence-electron chi connectivity index (χ3n) is 4.99. The lowest BCUT2D eigenvalue weighted by molar-refractivity contribution is -0.174. The molecule has 2 unspecified atom stereocenters. The van der Waals surface area contributed by atoms with Gasteiger partial charge in [-0.1, -0.05) is 6.92 Å². The van der Waals surface area contributed by atoms with E-state index in [0.29, 0.717) is 17.2 Å². The molecule has 2 aromatic rings. The molecule has 11 heteroatoms. The molecule has 0 saturated heterocycles. The summed E-state index contributed by atoms with van der Waals surface area (Å²) in [6, 6.07) is 1.25. The third kappa shape index (κ3) is 6.57. The number of hydrogen-bond donors (Lipinski definition) is 2. The molecule has 32 heavy (non-hydrogen) atoms. The first-order valence-electron chi connectivity index (χ1n) is 10.5. The molecule has 8 nitrogen and oxygen atoms in total. The van der Waals surface area contributed by atoms with Crippen molar-refractivity contribution < 1.29 is 27.5 Å². The van der Waals surface area contributed by atoms with E-state index in [2.05, 4.69) is 20.6 Å². The number of nitrogens with zero attached hydrogens (tertiary/aromatic N) is 3. The van der Waals surface area contributed by atoms with Gasteiger partial charge in [0.05, 0.1) is 29.9 Å². The van der Waals surface area contributed by atoms with Gasteiger partial charge in [-0.15, -0.1) is 0 Å². The average Bonchev–Trinajstić information content (AvgIpc) is 3.40. The molecule has 1 aliphatic rings. The molecule has 0 bridgehead atoms. The molecule has 1 fully saturated rings. The Hall–Kier alpha value is -2.85. The number of alkyl halides is 3. The molecule has 3 rings (SSSR count). The van der Waals surface area contributed by atoms with E-state index in [4.69, 9.17) is 4.74 Å². The molecule has 0 spiro atoms. The van der Waals surface area contributed by atoms with Crippen molar-refractivity contribution >= 4 is 17.8 Å². The van der Waals surface area contributed by atoms with Crippen LogP contribution < -0.4 is 10.6 Å². The van der Waals surface area contributed by atoms with Crippen molar-refractivity contribution in [3.8, 4) is 0 Å². The van der Waals surface area contributed by atoms with Gasteiger partial charge in [-0.25, -0.2) is 14.8 Å². The van der Waals surface area contributed by atoms with Crippen LogP contribution in [0.15, 0.2) is 18.5 Å². The molecule has 0 radical (unpaired) electrons. The number of carbonyl (C=O) groups excluding carboxylic acids is 2. The highest BCUT2D eigenvalue weighted by Crippen LogP contribution is 2.40. The maximum atomic E-state index is 12.8. The maximum absolute atomic E-state index is 12.8. The van der Waals surface area contributed by atoms with Gasteiger partial charge in [0, 0.05) is 18.8 Å². The van der Waals surface area contributed by atoms with Gasteiger partial charge in [-0.05, 0) is 45.6 Å². The van der Waals surface area contributed by atoms with Gasteiger partial charge in [-0.2, -0.15) is 13.2 Å². The van der Waals surface area contributed by atoms with Gasteiger partial charge in [-0.3, -0.25) is 9.20 Å². The zero-order valence-electron chi connectivity index (χ0n) is 18.5. The molecule has 2 heterocycles. The SMILES string of the molecule is CC(CC(=O)NC(c1ccn2cc(CNC(=O)OC(C)(C)C)nc2n1)C1CC1)C(F)(F)F. The lowest BCUT2D eigenvalue weighted by Gasteiger charge is -2.20. The molecule has 2 N–H and O–H groups in total. The number of nitrogens with one attached hydrogen (secondary N) is 2. The highest BCUT2D eigenvalue weighted by atomic mass is 19.4. The van der Waals surface area contributed by atoms with E-state index < -0.39 is 42.2 Å². The minimum absolute atomic E-state index is 0.137. The molecule has 2 amide bonds. The van der Waals surface area contributed by atoms with Gasteiger partial charge < -0.3 is 15.4 Å². The molecule has 0 aliphatic heterocycles. The molecular formula is C21H28F3N5O3. The number of halogens is 3. The van der Waals surface area contributed by atoms with E-state index in [1.54, 1.807) is 43.6 Å². The van der Waals surface area contributed by atoms with E-state index in [-0.39, 0.29) is 12.5 Å². The summed E-state index contributed by atoms with van der Waals surface area (Å²) >= 11 is 0. The van der Waals surface area contributed by atoms with Crippen molar-refractivity contribution in [2.24, 2.45) is 11.8 Å². The number of alkyl carbamates (subject to hydrolysis) is 1. The number of ether oxygens (including phenoxy) is 1. The smallest absolute Gasteiger partial charge is 0.407 e. The minimum atomic E-state index is -4.41. The van der Waals surface area contributed by atoms with E-state index in [1.165, 1.54) is 0 Å². The predicted molar refractivity (Wildman–Crippen MR) is 110 cm³/mol. The predicted octanol–water partition coefficient (Wildman–Crippen LogP) is 3.91. The summed E-state index contributed by atoms with van der Waals surface area (Å²) < 4.78 is 45.2. The molecular weight excluding hydrogens is 427 g/mol. The van der Waals surface area contributed by atoms with Crippen molar-refractivity contribution in [1.29, 1.82) is 0 Å². The second kappa shape index (κ2) is 8.95. The fourth-order valence-corrected chi connectivity index (χ4v) is 3.16. The van der Waals surface area contributed by atoms with Gasteiger partial charge in [0.2, 0.25) is 11.7 Å². The quantitative estimate of drug-likeness (QED) is 0.660. The second-order valence-electron chi connectivity index (χ2n) is 9.18. The highest BCUT2D eigenvalue weighted by Gasteiger charge is 2.39. The summed E-state index contributed by atoms with van der Waals surface area (Å²) in [7, 11) is 0. The Morgan fingerprint density at radius 1 is 1.25 bits per heavy atom. The number of hydrogen-bond acceptors (Lipinski definition) is 5. The standard InChI is InChI=1S/C21H28F3N5O3/c1-12(21(22,23)24)9-16(30)28-17(13-5-6-13)15-7-8-29-11-14(26-18(29)27-15)10-25-19(31)32-20(2,3)4/h7-8,11-13,17H,5-6,9-10H2,1-4H3,(H,25,31)(H,28,30). The molecule has 1 saturated carbocycles. The van der Waals surface area contributed by atoms with Crippen LogP contribution >= 0.6 is 0 Å². The minimum Gasteiger partial charge on any atom is -0.444 e. The number of rotatable bonds is 7. The van der Waals surface area contributed by atoms with Crippen LogP contribution in [0.1, 0.15) is 64.4 Å². The Balaban J connectivity index is 1.68. The van der Waals surface area contributed by atoms with Crippen LogP contribution in [-0.2, 0) is 16.1 Å². The topological polar surface area (TPSA) is 97.6 Å². The van der Waals surface area contributed by atoms with E-state index in [0.717, 1.165) is 19.8 Å². The lowest BCUT2D eigenvalue weighted by Crippen LogP contribution is -2.34. The molecule has 1 aliphatic carbocycles. The number of amides is 2. The molecule has 176 valence electrons. The molecule has 2 aromatic heterocycles. The summed E-state index contributed by atoms with van der Waals surface area (Å²) in [4.78, 5) is 32.9. The van der Waals surface area contributed by atoms with Crippen LogP contribution in [0.25, 0.3) is 5.78 Å². The van der Waals surface area contributed by atoms with Crippen LogP contribution in [-0.4, -0.2) is 38.1 Å². The first-order valence-corrected chi connectivity index (χ1v) is 10.5. The zero-order chi connectivity index (χ0) is 23.7. The number of aromatic nitrogens is 3. The normalized spacial score (nSPS) is 16.5. The second-order valence-corrected chi connectivity index (χ2v) is 9.18. The fourth-order valence-electron chi connectivity index (χ4n) is 3.16. The molecule has 0 aromatic carbocycles. The van der Waals surface area contributed by atoms with Crippen LogP contribution in [0.3, 0.4) is 0 Å². The van der Waals surface area contributed by atoms with Gasteiger partial charge in [0.1, 0.15) is 5.60 Å². The Labute approximate surface area is 183 Å². The first kappa shape index (κ1) is 23.8. The van der Waals surface area contributed by atoms with E-state index >= 15 is 0 Å². The van der Waals surface area contributed by atoms with Crippen LogP contribution in [0.4, 0.5) is 18.0 Å². The van der Waals surface area contributed by atoms with Crippen molar-refractivity contribution in [1.82, 2.24) is 25.0 Å². The van der Waals surface area contributed by atoms with Gasteiger partial charge >= 0.3 is 12.3 Å². The zero-order valence-corrected chi connectivity index (χ0v) is 18.5. The number of carbonyl (C=O) groups is 2. The van der Waals surface area contributed by atoms with Crippen LogP contribution in [0.2, 0.25) is 0 Å². The first-order chi connectivity index (χ1) is 14.8.